The van der Waals surface area contributed by atoms with E-state index in [0.29, 0.717) is 57.4 Å². The minimum Gasteiger partial charge on any atom is -0.491 e. The first kappa shape index (κ1) is 31.4. The van der Waals surface area contributed by atoms with E-state index in [9.17, 15) is 9.59 Å². The summed E-state index contributed by atoms with van der Waals surface area (Å²) in [6, 6.07) is 13.9. The van der Waals surface area contributed by atoms with Crippen LogP contribution in [0.25, 0.3) is 0 Å². The Balaban J connectivity index is 1.27. The number of piperazine rings is 1. The molecule has 2 aliphatic rings. The van der Waals surface area contributed by atoms with Gasteiger partial charge in [0.05, 0.1) is 24.9 Å². The van der Waals surface area contributed by atoms with Crippen LogP contribution in [0.3, 0.4) is 0 Å². The predicted octanol–water partition coefficient (Wildman–Crippen LogP) is 5.72. The zero-order chi connectivity index (χ0) is 30.3. The Morgan fingerprint density at radius 3 is 2.33 bits per heavy atom. The van der Waals surface area contributed by atoms with E-state index in [1.807, 2.05) is 49.1 Å². The number of nitrogens with zero attached hydrogens (tertiary/aromatic N) is 3. The molecule has 42 heavy (non-hydrogen) atoms. The smallest absolute Gasteiger partial charge is 0.410 e. The maximum absolute atomic E-state index is 15.2. The number of ether oxygens (including phenoxy) is 4. The van der Waals surface area contributed by atoms with Crippen molar-refractivity contribution in [1.29, 1.82) is 0 Å². The molecule has 0 saturated carbocycles. The van der Waals surface area contributed by atoms with E-state index in [0.717, 1.165) is 12.0 Å². The molecule has 4 rings (SSSR count). The van der Waals surface area contributed by atoms with Gasteiger partial charge in [-0.25, -0.2) is 14.0 Å². The molecule has 230 valence electrons. The van der Waals surface area contributed by atoms with E-state index in [2.05, 4.69) is 20.8 Å². The number of carbonyl (C=O) groups is 2. The van der Waals surface area contributed by atoms with Crippen LogP contribution in [0.5, 0.6) is 5.75 Å². The SMILES string of the molecule is CC(C)(C)CC(C)(C)OC(=O)N1CCOCC1COc1ccc(N2CCN(C(=O)OCc3ccccc3)CC2)c(F)c1. The van der Waals surface area contributed by atoms with Crippen molar-refractivity contribution in [2.45, 2.75) is 59.3 Å². The van der Waals surface area contributed by atoms with E-state index in [1.54, 1.807) is 21.9 Å². The minimum absolute atomic E-state index is 0.00940. The largest absolute Gasteiger partial charge is 0.491 e. The zero-order valence-electron chi connectivity index (χ0n) is 25.4. The molecule has 2 aromatic rings. The van der Waals surface area contributed by atoms with Gasteiger partial charge in [0.25, 0.3) is 0 Å². The Morgan fingerprint density at radius 1 is 0.952 bits per heavy atom. The molecule has 0 spiro atoms. The number of hydrogen-bond acceptors (Lipinski definition) is 7. The lowest BCUT2D eigenvalue weighted by molar-refractivity contribution is -0.0541. The summed E-state index contributed by atoms with van der Waals surface area (Å²) in [5.74, 6) is -0.0426. The van der Waals surface area contributed by atoms with Crippen LogP contribution in [0.4, 0.5) is 19.7 Å². The highest BCUT2D eigenvalue weighted by atomic mass is 19.1. The molecule has 2 fully saturated rings. The number of benzene rings is 2. The second-order valence-corrected chi connectivity index (χ2v) is 12.7. The maximum Gasteiger partial charge on any atom is 0.410 e. The van der Waals surface area contributed by atoms with E-state index in [4.69, 9.17) is 18.9 Å². The van der Waals surface area contributed by atoms with Crippen LogP contribution in [0, 0.1) is 11.2 Å². The maximum atomic E-state index is 15.2. The van der Waals surface area contributed by atoms with Crippen LogP contribution in [0.2, 0.25) is 0 Å². The first-order chi connectivity index (χ1) is 19.9. The van der Waals surface area contributed by atoms with Crippen LogP contribution in [-0.2, 0) is 20.8 Å². The second-order valence-electron chi connectivity index (χ2n) is 12.7. The van der Waals surface area contributed by atoms with E-state index in [-0.39, 0.29) is 30.8 Å². The number of morpholine rings is 1. The van der Waals surface area contributed by atoms with Gasteiger partial charge < -0.3 is 28.7 Å². The average molecular weight is 586 g/mol. The molecule has 9 nitrogen and oxygen atoms in total. The van der Waals surface area contributed by atoms with Crippen molar-refractivity contribution in [2.24, 2.45) is 5.41 Å². The number of hydrogen-bond donors (Lipinski definition) is 0. The fourth-order valence-corrected chi connectivity index (χ4v) is 5.61. The van der Waals surface area contributed by atoms with Gasteiger partial charge in [0.2, 0.25) is 0 Å². The standard InChI is InChI=1S/C32H44FN3O6/c1-31(2,3)23-32(4,5)42-30(38)36-17-18-39-21-25(36)22-40-26-11-12-28(27(33)19-26)34-13-15-35(16-14-34)29(37)41-20-24-9-7-6-8-10-24/h6-12,19,25H,13-18,20-23H2,1-5H3. The van der Waals surface area contributed by atoms with Gasteiger partial charge >= 0.3 is 12.2 Å². The Morgan fingerprint density at radius 2 is 1.67 bits per heavy atom. The summed E-state index contributed by atoms with van der Waals surface area (Å²) in [5.41, 5.74) is 0.769. The third kappa shape index (κ3) is 8.98. The fourth-order valence-electron chi connectivity index (χ4n) is 5.61. The highest BCUT2D eigenvalue weighted by Gasteiger charge is 2.35. The number of anilines is 1. The molecule has 2 aliphatic heterocycles. The van der Waals surface area contributed by atoms with Crippen molar-refractivity contribution in [3.63, 3.8) is 0 Å². The highest BCUT2D eigenvalue weighted by Crippen LogP contribution is 2.31. The lowest BCUT2D eigenvalue weighted by Crippen LogP contribution is -2.53. The number of halogens is 1. The molecule has 0 aliphatic carbocycles. The van der Waals surface area contributed by atoms with Crippen molar-refractivity contribution in [1.82, 2.24) is 9.80 Å². The summed E-state index contributed by atoms with van der Waals surface area (Å²) >= 11 is 0. The summed E-state index contributed by atoms with van der Waals surface area (Å²) in [6.07, 6.45) is -0.0492. The normalized spacial score (nSPS) is 18.0. The topological polar surface area (TPSA) is 80.8 Å². The molecule has 2 aromatic carbocycles. The molecule has 2 amide bonds. The molecule has 0 bridgehead atoms. The summed E-state index contributed by atoms with van der Waals surface area (Å²) in [6.45, 7) is 13.5. The van der Waals surface area contributed by atoms with Gasteiger partial charge in [0.1, 0.15) is 30.4 Å². The molecule has 2 heterocycles. The molecule has 0 N–H and O–H groups in total. The third-order valence-electron chi connectivity index (χ3n) is 7.23. The van der Waals surface area contributed by atoms with Gasteiger partial charge in [-0.1, -0.05) is 51.1 Å². The van der Waals surface area contributed by atoms with Crippen LogP contribution in [0.15, 0.2) is 48.5 Å². The van der Waals surface area contributed by atoms with Crippen molar-refractivity contribution in [2.75, 3.05) is 57.4 Å². The van der Waals surface area contributed by atoms with Gasteiger partial charge in [-0.2, -0.15) is 0 Å². The van der Waals surface area contributed by atoms with Crippen molar-refractivity contribution < 1.29 is 32.9 Å². The van der Waals surface area contributed by atoms with Gasteiger partial charge in [-0.3, -0.25) is 4.90 Å². The highest BCUT2D eigenvalue weighted by molar-refractivity contribution is 5.69. The molecule has 0 aromatic heterocycles. The number of rotatable bonds is 8. The van der Waals surface area contributed by atoms with E-state index >= 15 is 4.39 Å². The quantitative estimate of drug-likeness (QED) is 0.392. The lowest BCUT2D eigenvalue weighted by atomic mass is 9.84. The predicted molar refractivity (Wildman–Crippen MR) is 158 cm³/mol. The van der Waals surface area contributed by atoms with Gasteiger partial charge in [0, 0.05) is 38.8 Å². The van der Waals surface area contributed by atoms with Crippen molar-refractivity contribution >= 4 is 17.9 Å². The Bertz CT molecular complexity index is 1190. The Kier molecular flexibility index (Phi) is 10.2. The van der Waals surface area contributed by atoms with Crippen molar-refractivity contribution in [3.05, 3.63) is 59.9 Å². The van der Waals surface area contributed by atoms with Gasteiger partial charge in [-0.05, 0) is 43.4 Å². The first-order valence-electron chi connectivity index (χ1n) is 14.6. The summed E-state index contributed by atoms with van der Waals surface area (Å²) in [7, 11) is 0. The molecule has 1 unspecified atom stereocenters. The zero-order valence-corrected chi connectivity index (χ0v) is 25.4. The van der Waals surface area contributed by atoms with Crippen LogP contribution in [-0.4, -0.2) is 86.2 Å². The van der Waals surface area contributed by atoms with Crippen LogP contribution < -0.4 is 9.64 Å². The molecule has 10 heteroatoms. The fraction of sp³-hybridized carbons (Fsp3) is 0.562. The third-order valence-corrected chi connectivity index (χ3v) is 7.23. The number of amides is 2. The molecule has 2 saturated heterocycles. The van der Waals surface area contributed by atoms with E-state index < -0.39 is 17.5 Å². The van der Waals surface area contributed by atoms with Crippen LogP contribution >= 0.6 is 0 Å². The average Bonchev–Trinajstić information content (AvgIpc) is 2.94. The van der Waals surface area contributed by atoms with Gasteiger partial charge in [0.15, 0.2) is 0 Å². The number of carbonyl (C=O) groups excluding carboxylic acids is 2. The minimum atomic E-state index is -0.619. The lowest BCUT2D eigenvalue weighted by Gasteiger charge is -2.38. The summed E-state index contributed by atoms with van der Waals surface area (Å²) < 4.78 is 38.0. The van der Waals surface area contributed by atoms with Crippen molar-refractivity contribution in [3.8, 4) is 5.75 Å². The summed E-state index contributed by atoms with van der Waals surface area (Å²) in [4.78, 5) is 30.7. The Labute approximate surface area is 248 Å². The molecular formula is C32H44FN3O6. The molecule has 0 radical (unpaired) electrons. The summed E-state index contributed by atoms with van der Waals surface area (Å²) in [5, 5.41) is 0. The molecular weight excluding hydrogens is 541 g/mol. The second kappa shape index (κ2) is 13.6. The van der Waals surface area contributed by atoms with Crippen LogP contribution in [0.1, 0.15) is 46.6 Å². The van der Waals surface area contributed by atoms with Gasteiger partial charge in [-0.15, -0.1) is 0 Å². The first-order valence-corrected chi connectivity index (χ1v) is 14.6. The Hall–Kier alpha value is -3.53. The molecule has 1 atom stereocenters. The van der Waals surface area contributed by atoms with E-state index in [1.165, 1.54) is 6.07 Å². The monoisotopic (exact) mass is 585 g/mol.